The van der Waals surface area contributed by atoms with Crippen LogP contribution in [-0.4, -0.2) is 40.2 Å². The number of benzene rings is 1. The van der Waals surface area contributed by atoms with Gasteiger partial charge in [-0.2, -0.15) is 0 Å². The molecule has 3 rings (SSSR count). The summed E-state index contributed by atoms with van der Waals surface area (Å²) in [5.41, 5.74) is 6.78. The molecule has 0 unspecified atom stereocenters. The van der Waals surface area contributed by atoms with Crippen molar-refractivity contribution >= 4 is 18.6 Å². The molecule has 2 aromatic rings. The Balaban J connectivity index is 1.65. The van der Waals surface area contributed by atoms with Crippen LogP contribution in [0.4, 0.5) is 0 Å². The summed E-state index contributed by atoms with van der Waals surface area (Å²) in [6, 6.07) is 5.24. The fourth-order valence-electron chi connectivity index (χ4n) is 2.18. The van der Waals surface area contributed by atoms with Crippen molar-refractivity contribution in [2.45, 2.75) is 26.0 Å². The van der Waals surface area contributed by atoms with Crippen LogP contribution in [0.15, 0.2) is 30.6 Å². The van der Waals surface area contributed by atoms with Gasteiger partial charge in [-0.1, -0.05) is 6.07 Å². The zero-order chi connectivity index (χ0) is 18.0. The van der Waals surface area contributed by atoms with E-state index in [-0.39, 0.29) is 18.2 Å². The van der Waals surface area contributed by atoms with Crippen LogP contribution in [-0.2, 0) is 16.0 Å². The molecule has 0 spiro atoms. The normalized spacial score (nSPS) is 13.5. The van der Waals surface area contributed by atoms with Gasteiger partial charge in [0.15, 0.2) is 5.69 Å². The highest BCUT2D eigenvalue weighted by Crippen LogP contribution is 2.21. The topological polar surface area (TPSA) is 117 Å². The fourth-order valence-corrected chi connectivity index (χ4v) is 2.18. The molecule has 1 aromatic heterocycles. The van der Waals surface area contributed by atoms with Gasteiger partial charge < -0.3 is 24.9 Å². The Morgan fingerprint density at radius 2 is 2.20 bits per heavy atom. The third-order valence-electron chi connectivity index (χ3n) is 3.42. The van der Waals surface area contributed by atoms with Crippen LogP contribution in [0.25, 0.3) is 0 Å². The second kappa shape index (κ2) is 6.79. The van der Waals surface area contributed by atoms with Crippen LogP contribution >= 0.6 is 0 Å². The Morgan fingerprint density at radius 1 is 1.40 bits per heavy atom. The molecule has 0 radical (unpaired) electrons. The van der Waals surface area contributed by atoms with E-state index in [2.05, 4.69) is 9.97 Å². The molecule has 130 valence electrons. The number of nitrogens with two attached hydrogens (primary N) is 1. The Bertz CT molecular complexity index is 776. The first-order valence-electron chi connectivity index (χ1n) is 7.70. The lowest BCUT2D eigenvalue weighted by atomic mass is 9.79. The molecule has 25 heavy (non-hydrogen) atoms. The van der Waals surface area contributed by atoms with Crippen molar-refractivity contribution < 1.29 is 23.9 Å². The van der Waals surface area contributed by atoms with Gasteiger partial charge in [0.05, 0.1) is 19.0 Å². The molecule has 0 aliphatic carbocycles. The van der Waals surface area contributed by atoms with E-state index in [9.17, 15) is 9.82 Å². The molecular weight excluding hydrogens is 325 g/mol. The molecule has 1 aromatic carbocycles. The van der Waals surface area contributed by atoms with E-state index in [0.29, 0.717) is 17.8 Å². The number of nitrogens with zero attached hydrogens (tertiary/aromatic N) is 2. The van der Waals surface area contributed by atoms with Gasteiger partial charge in [0.25, 0.3) is 0 Å². The monoisotopic (exact) mass is 343 g/mol. The number of esters is 1. The lowest BCUT2D eigenvalue weighted by molar-refractivity contribution is 0.0425. The van der Waals surface area contributed by atoms with Crippen LogP contribution in [0.1, 0.15) is 29.9 Å². The molecule has 3 N–H and O–H groups in total. The summed E-state index contributed by atoms with van der Waals surface area (Å²) < 4.78 is 15.8. The van der Waals surface area contributed by atoms with E-state index in [1.807, 2.05) is 6.07 Å². The molecule has 0 atom stereocenters. The highest BCUT2D eigenvalue weighted by molar-refractivity contribution is 6.61. The minimum atomic E-state index is -0.950. The number of carbonyl (C=O) groups excluding carboxylic acids is 1. The van der Waals surface area contributed by atoms with E-state index in [1.165, 1.54) is 12.4 Å². The summed E-state index contributed by atoms with van der Waals surface area (Å²) in [7, 11) is -0.950. The summed E-state index contributed by atoms with van der Waals surface area (Å²) in [6.07, 6.45) is 2.59. The summed E-state index contributed by atoms with van der Waals surface area (Å²) in [5, 5.41) is 9.71. The highest BCUT2D eigenvalue weighted by Gasteiger charge is 2.27. The minimum absolute atomic E-state index is 0.0642. The van der Waals surface area contributed by atoms with Crippen LogP contribution in [0.5, 0.6) is 11.6 Å². The Kier molecular flexibility index (Phi) is 4.71. The first kappa shape index (κ1) is 17.3. The van der Waals surface area contributed by atoms with E-state index in [1.54, 1.807) is 26.0 Å². The average Bonchev–Trinajstić information content (AvgIpc) is 2.94. The number of hydrogen-bond donors (Lipinski definition) is 2. The van der Waals surface area contributed by atoms with Gasteiger partial charge in [-0.15, -0.1) is 0 Å². The lowest BCUT2D eigenvalue weighted by Crippen LogP contribution is -2.38. The van der Waals surface area contributed by atoms with E-state index < -0.39 is 18.6 Å². The quantitative estimate of drug-likeness (QED) is 0.591. The fraction of sp³-hybridized carbons (Fsp3) is 0.312. The second-order valence-electron chi connectivity index (χ2n) is 6.43. The van der Waals surface area contributed by atoms with Gasteiger partial charge in [-0.3, -0.25) is 0 Å². The summed E-state index contributed by atoms with van der Waals surface area (Å²) >= 11 is 0. The van der Waals surface area contributed by atoms with E-state index in [4.69, 9.17) is 19.9 Å². The van der Waals surface area contributed by atoms with Crippen molar-refractivity contribution in [3.05, 3.63) is 41.9 Å². The van der Waals surface area contributed by atoms with Gasteiger partial charge in [0, 0.05) is 5.54 Å². The van der Waals surface area contributed by atoms with Gasteiger partial charge in [-0.25, -0.2) is 14.8 Å². The van der Waals surface area contributed by atoms with Crippen LogP contribution in [0, 0.1) is 0 Å². The van der Waals surface area contributed by atoms with Gasteiger partial charge in [-0.05, 0) is 37.0 Å². The Labute approximate surface area is 145 Å². The zero-order valence-electron chi connectivity index (χ0n) is 13.9. The van der Waals surface area contributed by atoms with Gasteiger partial charge in [0.2, 0.25) is 5.88 Å². The number of carbonyl (C=O) groups is 1. The molecule has 0 saturated carbocycles. The molecule has 0 amide bonds. The van der Waals surface area contributed by atoms with Crippen molar-refractivity contribution in [3.8, 4) is 11.6 Å². The molecule has 0 bridgehead atoms. The number of ether oxygens (including phenoxy) is 2. The summed E-state index contributed by atoms with van der Waals surface area (Å²) in [5.74, 6) is 0.0947. The zero-order valence-corrected chi connectivity index (χ0v) is 13.9. The Hall–Kier alpha value is -2.49. The van der Waals surface area contributed by atoms with Crippen molar-refractivity contribution in [3.63, 3.8) is 0 Å². The lowest BCUT2D eigenvalue weighted by Gasteiger charge is -2.17. The molecule has 0 saturated heterocycles. The van der Waals surface area contributed by atoms with Crippen molar-refractivity contribution in [1.82, 2.24) is 9.97 Å². The third-order valence-corrected chi connectivity index (χ3v) is 3.42. The average molecular weight is 343 g/mol. The largest absolute Gasteiger partial charge is 0.491 e. The van der Waals surface area contributed by atoms with Crippen molar-refractivity contribution in [2.24, 2.45) is 5.73 Å². The molecule has 1 aliphatic rings. The molecule has 0 fully saturated rings. The highest BCUT2D eigenvalue weighted by atomic mass is 16.5. The maximum absolute atomic E-state index is 11.9. The number of rotatable bonds is 5. The molecule has 8 nitrogen and oxygen atoms in total. The van der Waals surface area contributed by atoms with Gasteiger partial charge in [0.1, 0.15) is 12.4 Å². The number of fused-ring (bicyclic) bond motifs is 1. The van der Waals surface area contributed by atoms with Crippen LogP contribution < -0.4 is 15.9 Å². The van der Waals surface area contributed by atoms with E-state index in [0.717, 1.165) is 5.56 Å². The molecule has 2 heterocycles. The predicted octanol–water partition coefficient (Wildman–Crippen LogP) is 0.381. The smallest absolute Gasteiger partial charge is 0.459 e. The Morgan fingerprint density at radius 3 is 2.88 bits per heavy atom. The number of hydrogen-bond acceptors (Lipinski definition) is 8. The van der Waals surface area contributed by atoms with Crippen molar-refractivity contribution in [2.75, 3.05) is 6.61 Å². The van der Waals surface area contributed by atoms with E-state index >= 15 is 0 Å². The first-order valence-corrected chi connectivity index (χ1v) is 7.70. The van der Waals surface area contributed by atoms with Gasteiger partial charge >= 0.3 is 13.1 Å². The molecule has 9 heteroatoms. The summed E-state index contributed by atoms with van der Waals surface area (Å²) in [6.45, 7) is 3.95. The maximum atomic E-state index is 11.9. The van der Waals surface area contributed by atoms with Crippen molar-refractivity contribution in [1.29, 1.82) is 0 Å². The second-order valence-corrected chi connectivity index (χ2v) is 6.43. The SMILES string of the molecule is CC(C)(N)COC(=O)c1cnc(Oc2ccc3c(c2)B(O)OC3)cn1. The molecular formula is C16H18BN3O5. The van der Waals surface area contributed by atoms with Crippen LogP contribution in [0.2, 0.25) is 0 Å². The summed E-state index contributed by atoms with van der Waals surface area (Å²) in [4.78, 5) is 19.9. The first-order chi connectivity index (χ1) is 11.8. The third kappa shape index (κ3) is 4.33. The standard InChI is InChI=1S/C16H18BN3O5/c1-16(2,18)9-23-15(21)13-6-20-14(7-19-13)25-11-4-3-10-8-24-17(22)12(10)5-11/h3-7,22H,8-9,18H2,1-2H3. The molecule has 1 aliphatic heterocycles. The maximum Gasteiger partial charge on any atom is 0.491 e. The number of aromatic nitrogens is 2. The minimum Gasteiger partial charge on any atom is -0.459 e. The van der Waals surface area contributed by atoms with Crippen LogP contribution in [0.3, 0.4) is 0 Å². The predicted molar refractivity (Wildman–Crippen MR) is 89.5 cm³/mol.